The van der Waals surface area contributed by atoms with E-state index in [1.165, 1.54) is 6.92 Å². The van der Waals surface area contributed by atoms with Gasteiger partial charge >= 0.3 is 0 Å². The maximum Gasteiger partial charge on any atom is 0.225 e. The molecule has 144 valence electrons. The summed E-state index contributed by atoms with van der Waals surface area (Å²) in [5.74, 6) is 0.849. The van der Waals surface area contributed by atoms with Crippen LogP contribution in [0.25, 0.3) is 0 Å². The van der Waals surface area contributed by atoms with Gasteiger partial charge in [-0.15, -0.1) is 0 Å². The first kappa shape index (κ1) is 19.3. The molecule has 3 rings (SSSR count). The molecule has 2 aromatic rings. The van der Waals surface area contributed by atoms with E-state index in [1.54, 1.807) is 24.3 Å². The van der Waals surface area contributed by atoms with Gasteiger partial charge in [-0.3, -0.25) is 14.5 Å². The number of Topliss-reactive ketones (excluding diaryl/α,β-unsaturated/α-hetero) is 1. The SMILES string of the molecule is CC(=O)c1ccc(NC(=O)CCN2CCN(Cc3cc(C)on3)CC2)cc1. The van der Waals surface area contributed by atoms with Crippen molar-refractivity contribution in [2.45, 2.75) is 26.8 Å². The van der Waals surface area contributed by atoms with Crippen LogP contribution >= 0.6 is 0 Å². The average Bonchev–Trinajstić information content (AvgIpc) is 3.06. The zero-order valence-electron chi connectivity index (χ0n) is 15.9. The van der Waals surface area contributed by atoms with E-state index in [2.05, 4.69) is 20.3 Å². The monoisotopic (exact) mass is 370 g/mol. The third-order valence-corrected chi connectivity index (χ3v) is 4.76. The quantitative estimate of drug-likeness (QED) is 0.754. The second-order valence-corrected chi connectivity index (χ2v) is 6.98. The highest BCUT2D eigenvalue weighted by Gasteiger charge is 2.18. The first-order chi connectivity index (χ1) is 13.0. The summed E-state index contributed by atoms with van der Waals surface area (Å²) in [5.41, 5.74) is 2.33. The number of carbonyl (C=O) groups is 2. The van der Waals surface area contributed by atoms with Crippen LogP contribution in [0, 0.1) is 6.92 Å². The van der Waals surface area contributed by atoms with Gasteiger partial charge in [0.05, 0.1) is 5.69 Å². The van der Waals surface area contributed by atoms with E-state index in [4.69, 9.17) is 4.52 Å². The fraction of sp³-hybridized carbons (Fsp3) is 0.450. The van der Waals surface area contributed by atoms with E-state index >= 15 is 0 Å². The molecule has 0 spiro atoms. The van der Waals surface area contributed by atoms with Gasteiger partial charge in [-0.2, -0.15) is 0 Å². The van der Waals surface area contributed by atoms with E-state index in [9.17, 15) is 9.59 Å². The number of nitrogens with one attached hydrogen (secondary N) is 1. The van der Waals surface area contributed by atoms with E-state index in [0.29, 0.717) is 12.0 Å². The Hall–Kier alpha value is -2.51. The van der Waals surface area contributed by atoms with Gasteiger partial charge in [-0.25, -0.2) is 0 Å². The number of nitrogens with zero attached hydrogens (tertiary/aromatic N) is 3. The van der Waals surface area contributed by atoms with E-state index in [0.717, 1.165) is 56.4 Å². The molecule has 0 aliphatic carbocycles. The van der Waals surface area contributed by atoms with Gasteiger partial charge in [-0.05, 0) is 38.1 Å². The molecule has 7 nitrogen and oxygen atoms in total. The van der Waals surface area contributed by atoms with Crippen molar-refractivity contribution in [3.05, 3.63) is 47.3 Å². The Morgan fingerprint density at radius 1 is 1.11 bits per heavy atom. The third kappa shape index (κ3) is 5.74. The smallest absolute Gasteiger partial charge is 0.225 e. The summed E-state index contributed by atoms with van der Waals surface area (Å²) in [6, 6.07) is 8.96. The van der Waals surface area contributed by atoms with Gasteiger partial charge in [0.2, 0.25) is 5.91 Å². The molecule has 27 heavy (non-hydrogen) atoms. The first-order valence-electron chi connectivity index (χ1n) is 9.27. The number of ketones is 1. The Bertz CT molecular complexity index is 777. The molecule has 0 bridgehead atoms. The minimum atomic E-state index is -0.00826. The van der Waals surface area contributed by atoms with Crippen LogP contribution in [0.2, 0.25) is 0 Å². The van der Waals surface area contributed by atoms with E-state index < -0.39 is 0 Å². The van der Waals surface area contributed by atoms with Crippen LogP contribution < -0.4 is 5.32 Å². The molecule has 2 heterocycles. The molecule has 1 saturated heterocycles. The molecule has 0 radical (unpaired) electrons. The van der Waals surface area contributed by atoms with Crippen molar-refractivity contribution < 1.29 is 14.1 Å². The Labute approximate surface area is 159 Å². The highest BCUT2D eigenvalue weighted by atomic mass is 16.5. The lowest BCUT2D eigenvalue weighted by Gasteiger charge is -2.34. The topological polar surface area (TPSA) is 78.7 Å². The number of hydrogen-bond acceptors (Lipinski definition) is 6. The number of aromatic nitrogens is 1. The first-order valence-corrected chi connectivity index (χ1v) is 9.27. The number of piperazine rings is 1. The minimum Gasteiger partial charge on any atom is -0.361 e. The number of rotatable bonds is 7. The van der Waals surface area contributed by atoms with Crippen molar-refractivity contribution in [3.63, 3.8) is 0 Å². The maximum absolute atomic E-state index is 12.1. The van der Waals surface area contributed by atoms with Crippen molar-refractivity contribution >= 4 is 17.4 Å². The Morgan fingerprint density at radius 3 is 2.37 bits per heavy atom. The molecule has 1 aliphatic rings. The van der Waals surface area contributed by atoms with Crippen LogP contribution in [-0.2, 0) is 11.3 Å². The van der Waals surface area contributed by atoms with Crippen molar-refractivity contribution in [3.8, 4) is 0 Å². The lowest BCUT2D eigenvalue weighted by molar-refractivity contribution is -0.116. The summed E-state index contributed by atoms with van der Waals surface area (Å²) in [4.78, 5) is 28.1. The highest BCUT2D eigenvalue weighted by Crippen LogP contribution is 2.12. The summed E-state index contributed by atoms with van der Waals surface area (Å²) in [6.45, 7) is 8.78. The highest BCUT2D eigenvalue weighted by molar-refractivity contribution is 5.95. The summed E-state index contributed by atoms with van der Waals surface area (Å²) >= 11 is 0. The summed E-state index contributed by atoms with van der Waals surface area (Å²) in [5, 5.41) is 6.93. The van der Waals surface area contributed by atoms with Crippen LogP contribution in [0.4, 0.5) is 5.69 Å². The van der Waals surface area contributed by atoms with Gasteiger partial charge < -0.3 is 14.7 Å². The predicted octanol–water partition coefficient (Wildman–Crippen LogP) is 2.33. The number of carbonyl (C=O) groups excluding carboxylic acids is 2. The molecule has 1 N–H and O–H groups in total. The van der Waals surface area contributed by atoms with E-state index in [1.807, 2.05) is 13.0 Å². The zero-order chi connectivity index (χ0) is 19.2. The molecule has 1 amide bonds. The largest absolute Gasteiger partial charge is 0.361 e. The molecule has 0 saturated carbocycles. The molecule has 1 fully saturated rings. The maximum atomic E-state index is 12.1. The summed E-state index contributed by atoms with van der Waals surface area (Å²) in [6.07, 6.45) is 0.455. The van der Waals surface area contributed by atoms with Crippen LogP contribution in [0.15, 0.2) is 34.9 Å². The number of benzene rings is 1. The molecule has 1 aliphatic heterocycles. The number of anilines is 1. The fourth-order valence-corrected chi connectivity index (χ4v) is 3.16. The van der Waals surface area contributed by atoms with Crippen LogP contribution in [0.3, 0.4) is 0 Å². The van der Waals surface area contributed by atoms with Crippen LogP contribution in [0.1, 0.15) is 35.2 Å². The minimum absolute atomic E-state index is 0.00826. The van der Waals surface area contributed by atoms with Gasteiger partial charge in [-0.1, -0.05) is 5.16 Å². The van der Waals surface area contributed by atoms with Crippen LogP contribution in [0.5, 0.6) is 0 Å². The third-order valence-electron chi connectivity index (χ3n) is 4.76. The molecule has 1 aromatic heterocycles. The summed E-state index contributed by atoms with van der Waals surface area (Å²) < 4.78 is 5.11. The molecule has 0 unspecified atom stereocenters. The van der Waals surface area contributed by atoms with Crippen molar-refractivity contribution in [1.82, 2.24) is 15.0 Å². The number of amides is 1. The Balaban J connectivity index is 1.36. The lowest BCUT2D eigenvalue weighted by Crippen LogP contribution is -2.46. The second-order valence-electron chi connectivity index (χ2n) is 6.98. The molecule has 7 heteroatoms. The molecule has 1 aromatic carbocycles. The number of aryl methyl sites for hydroxylation is 1. The second kappa shape index (κ2) is 8.92. The van der Waals surface area contributed by atoms with Crippen molar-refractivity contribution in [1.29, 1.82) is 0 Å². The molecular weight excluding hydrogens is 344 g/mol. The molecular formula is C20H26N4O3. The average molecular weight is 370 g/mol. The van der Waals surface area contributed by atoms with Gasteiger partial charge in [0.1, 0.15) is 5.76 Å². The summed E-state index contributed by atoms with van der Waals surface area (Å²) in [7, 11) is 0. The molecule has 0 atom stereocenters. The van der Waals surface area contributed by atoms with Crippen LogP contribution in [-0.4, -0.2) is 59.4 Å². The van der Waals surface area contributed by atoms with Gasteiger partial charge in [0, 0.05) is 63.0 Å². The van der Waals surface area contributed by atoms with Crippen molar-refractivity contribution in [2.24, 2.45) is 0 Å². The van der Waals surface area contributed by atoms with Crippen molar-refractivity contribution in [2.75, 3.05) is 38.0 Å². The van der Waals surface area contributed by atoms with Gasteiger partial charge in [0.25, 0.3) is 0 Å². The fourth-order valence-electron chi connectivity index (χ4n) is 3.16. The zero-order valence-corrected chi connectivity index (χ0v) is 15.9. The standard InChI is InChI=1S/C20H26N4O3/c1-15-13-19(22-27-15)14-24-11-9-23(10-12-24)8-7-20(26)21-18-5-3-17(4-6-18)16(2)25/h3-6,13H,7-12,14H2,1-2H3,(H,21,26). The number of hydrogen-bond donors (Lipinski definition) is 1. The lowest BCUT2D eigenvalue weighted by atomic mass is 10.1. The Morgan fingerprint density at radius 2 is 1.78 bits per heavy atom. The van der Waals surface area contributed by atoms with Gasteiger partial charge in [0.15, 0.2) is 5.78 Å². The predicted molar refractivity (Wildman–Crippen MR) is 103 cm³/mol. The Kier molecular flexibility index (Phi) is 6.36. The van der Waals surface area contributed by atoms with E-state index in [-0.39, 0.29) is 11.7 Å². The normalized spacial score (nSPS) is 15.6.